The molecule has 2 atom stereocenters. The van der Waals surface area contributed by atoms with Crippen molar-refractivity contribution in [2.45, 2.75) is 12.8 Å². The molecule has 2 aromatic rings. The molecule has 0 N–H and O–H groups in total. The standard InChI is InChI=1S/C26H22O8/c1-33-25(31)17(19-21(27)13-7-3-4-8-14(13)22(19)28)11-12-18(26(32)34-2)20-23(29)15-9-5-6-10-16(15)24(20)30/h3-10,17-20H,11-12H2,1-2H3/t17-,18+. The maximum atomic E-state index is 13.0. The van der Waals surface area contributed by atoms with Gasteiger partial charge in [0, 0.05) is 22.3 Å². The fourth-order valence-corrected chi connectivity index (χ4v) is 4.97. The zero-order valence-electron chi connectivity index (χ0n) is 18.6. The molecule has 8 heteroatoms. The number of benzene rings is 2. The molecule has 8 nitrogen and oxygen atoms in total. The average Bonchev–Trinajstić information content (AvgIpc) is 3.26. The van der Waals surface area contributed by atoms with E-state index in [2.05, 4.69) is 0 Å². The van der Waals surface area contributed by atoms with Crippen LogP contribution in [0.15, 0.2) is 48.5 Å². The van der Waals surface area contributed by atoms with Crippen molar-refractivity contribution in [1.29, 1.82) is 0 Å². The quantitative estimate of drug-likeness (QED) is 0.455. The number of carbonyl (C=O) groups excluding carboxylic acids is 6. The average molecular weight is 462 g/mol. The first-order valence-corrected chi connectivity index (χ1v) is 10.8. The third-order valence-corrected chi connectivity index (χ3v) is 6.65. The third-order valence-electron chi connectivity index (χ3n) is 6.65. The lowest BCUT2D eigenvalue weighted by Gasteiger charge is -2.23. The van der Waals surface area contributed by atoms with Gasteiger partial charge in [-0.15, -0.1) is 0 Å². The summed E-state index contributed by atoms with van der Waals surface area (Å²) in [6, 6.07) is 12.6. The number of ether oxygens (including phenoxy) is 2. The molecular formula is C26H22O8. The lowest BCUT2D eigenvalue weighted by atomic mass is 9.78. The molecule has 0 radical (unpaired) electrons. The van der Waals surface area contributed by atoms with Crippen LogP contribution in [0.5, 0.6) is 0 Å². The van der Waals surface area contributed by atoms with Gasteiger partial charge in [0.15, 0.2) is 23.1 Å². The number of carbonyl (C=O) groups is 6. The van der Waals surface area contributed by atoms with Crippen LogP contribution in [0.1, 0.15) is 54.3 Å². The highest BCUT2D eigenvalue weighted by molar-refractivity contribution is 6.28. The molecule has 0 aromatic heterocycles. The Morgan fingerprint density at radius 2 is 0.882 bits per heavy atom. The summed E-state index contributed by atoms with van der Waals surface area (Å²) in [5, 5.41) is 0. The Kier molecular flexibility index (Phi) is 6.24. The smallest absolute Gasteiger partial charge is 0.309 e. The monoisotopic (exact) mass is 462 g/mol. The predicted molar refractivity (Wildman–Crippen MR) is 117 cm³/mol. The van der Waals surface area contributed by atoms with Crippen LogP contribution >= 0.6 is 0 Å². The zero-order chi connectivity index (χ0) is 24.6. The Hall–Kier alpha value is -3.94. The lowest BCUT2D eigenvalue weighted by Crippen LogP contribution is -2.36. The lowest BCUT2D eigenvalue weighted by molar-refractivity contribution is -0.149. The Morgan fingerprint density at radius 1 is 0.618 bits per heavy atom. The third kappa shape index (κ3) is 3.65. The van der Waals surface area contributed by atoms with Gasteiger partial charge >= 0.3 is 11.9 Å². The Morgan fingerprint density at radius 3 is 1.12 bits per heavy atom. The van der Waals surface area contributed by atoms with E-state index < -0.39 is 58.7 Å². The van der Waals surface area contributed by atoms with Crippen LogP contribution in [-0.4, -0.2) is 49.3 Å². The summed E-state index contributed by atoms with van der Waals surface area (Å²) < 4.78 is 9.73. The summed E-state index contributed by atoms with van der Waals surface area (Å²) in [6.07, 6.45) is -0.258. The van der Waals surface area contributed by atoms with Gasteiger partial charge in [0.1, 0.15) is 0 Å². The van der Waals surface area contributed by atoms with Crippen LogP contribution in [0.4, 0.5) is 0 Å². The van der Waals surface area contributed by atoms with Crippen molar-refractivity contribution in [3.63, 3.8) is 0 Å². The van der Waals surface area contributed by atoms with Crippen molar-refractivity contribution in [3.05, 3.63) is 70.8 Å². The van der Waals surface area contributed by atoms with Gasteiger partial charge in [-0.05, 0) is 12.8 Å². The molecule has 2 aromatic carbocycles. The van der Waals surface area contributed by atoms with Crippen LogP contribution in [-0.2, 0) is 19.1 Å². The van der Waals surface area contributed by atoms with Crippen molar-refractivity contribution in [3.8, 4) is 0 Å². The number of hydrogen-bond acceptors (Lipinski definition) is 8. The van der Waals surface area contributed by atoms with E-state index in [0.29, 0.717) is 0 Å². The molecule has 0 saturated heterocycles. The number of methoxy groups -OCH3 is 2. The molecule has 0 amide bonds. The Balaban J connectivity index is 1.62. The van der Waals surface area contributed by atoms with E-state index in [1.165, 1.54) is 24.3 Å². The van der Waals surface area contributed by atoms with E-state index >= 15 is 0 Å². The largest absolute Gasteiger partial charge is 0.469 e. The molecule has 0 aliphatic heterocycles. The van der Waals surface area contributed by atoms with Gasteiger partial charge < -0.3 is 9.47 Å². The molecule has 34 heavy (non-hydrogen) atoms. The summed E-state index contributed by atoms with van der Waals surface area (Å²) >= 11 is 0. The van der Waals surface area contributed by atoms with Crippen LogP contribution in [0.3, 0.4) is 0 Å². The van der Waals surface area contributed by atoms with E-state index in [-0.39, 0.29) is 35.1 Å². The molecule has 0 heterocycles. The van der Waals surface area contributed by atoms with Gasteiger partial charge in [-0.25, -0.2) is 0 Å². The highest BCUT2D eigenvalue weighted by atomic mass is 16.5. The van der Waals surface area contributed by atoms with Crippen molar-refractivity contribution in [2.24, 2.45) is 23.7 Å². The molecule has 0 bridgehead atoms. The van der Waals surface area contributed by atoms with Crippen molar-refractivity contribution >= 4 is 35.1 Å². The Labute approximate surface area is 195 Å². The number of ketones is 4. The summed E-state index contributed by atoms with van der Waals surface area (Å²) in [5.74, 6) is -8.50. The maximum Gasteiger partial charge on any atom is 0.309 e. The van der Waals surface area contributed by atoms with Crippen molar-refractivity contribution < 1.29 is 38.2 Å². The fraction of sp³-hybridized carbons (Fsp3) is 0.308. The minimum Gasteiger partial charge on any atom is -0.469 e. The number of rotatable bonds is 7. The highest BCUT2D eigenvalue weighted by Crippen LogP contribution is 2.38. The van der Waals surface area contributed by atoms with Crippen molar-refractivity contribution in [2.75, 3.05) is 14.2 Å². The Bertz CT molecular complexity index is 1060. The van der Waals surface area contributed by atoms with Gasteiger partial charge in [0.25, 0.3) is 0 Å². The first-order chi connectivity index (χ1) is 16.3. The van der Waals surface area contributed by atoms with E-state index in [0.717, 1.165) is 14.2 Å². The molecule has 174 valence electrons. The van der Waals surface area contributed by atoms with Gasteiger partial charge in [-0.1, -0.05) is 48.5 Å². The zero-order valence-corrected chi connectivity index (χ0v) is 18.6. The summed E-state index contributed by atoms with van der Waals surface area (Å²) in [4.78, 5) is 77.2. The van der Waals surface area contributed by atoms with Gasteiger partial charge in [0.2, 0.25) is 0 Å². The van der Waals surface area contributed by atoms with Crippen molar-refractivity contribution in [1.82, 2.24) is 0 Å². The first kappa shape index (κ1) is 23.2. The summed E-state index contributed by atoms with van der Waals surface area (Å²) in [6.45, 7) is 0. The second kappa shape index (κ2) is 9.13. The molecule has 4 rings (SSSR count). The van der Waals surface area contributed by atoms with Gasteiger partial charge in [-0.3, -0.25) is 28.8 Å². The van der Waals surface area contributed by atoms with Crippen LogP contribution in [0, 0.1) is 23.7 Å². The van der Waals surface area contributed by atoms with Crippen LogP contribution in [0.25, 0.3) is 0 Å². The normalized spacial score (nSPS) is 17.4. The topological polar surface area (TPSA) is 121 Å². The number of hydrogen-bond donors (Lipinski definition) is 0. The van der Waals surface area contributed by atoms with Crippen LogP contribution in [0.2, 0.25) is 0 Å². The molecule has 2 aliphatic carbocycles. The summed E-state index contributed by atoms with van der Waals surface area (Å²) in [7, 11) is 2.29. The molecule has 0 unspecified atom stereocenters. The molecular weight excluding hydrogens is 440 g/mol. The second-order valence-electron chi connectivity index (χ2n) is 8.34. The minimum atomic E-state index is -1.30. The van der Waals surface area contributed by atoms with Gasteiger partial charge in [-0.2, -0.15) is 0 Å². The number of Topliss-reactive ketones (excluding diaryl/α,β-unsaturated/α-hetero) is 4. The SMILES string of the molecule is COC(=O)[C@@H](CC[C@@H](C(=O)OC)C1C(=O)c2ccccc2C1=O)C1C(=O)c2ccccc2C1=O. The second-order valence-corrected chi connectivity index (χ2v) is 8.34. The van der Waals surface area contributed by atoms with Gasteiger partial charge in [0.05, 0.1) is 37.9 Å². The van der Waals surface area contributed by atoms with E-state index in [1.54, 1.807) is 24.3 Å². The number of esters is 2. The molecule has 0 saturated carbocycles. The fourth-order valence-electron chi connectivity index (χ4n) is 4.97. The molecule has 2 aliphatic rings. The molecule has 0 spiro atoms. The van der Waals surface area contributed by atoms with E-state index in [4.69, 9.17) is 9.47 Å². The van der Waals surface area contributed by atoms with E-state index in [1.807, 2.05) is 0 Å². The first-order valence-electron chi connectivity index (χ1n) is 10.8. The van der Waals surface area contributed by atoms with Crippen LogP contribution < -0.4 is 0 Å². The summed E-state index contributed by atoms with van der Waals surface area (Å²) in [5.41, 5.74) is 0.917. The number of fused-ring (bicyclic) bond motifs is 2. The minimum absolute atomic E-state index is 0.129. The predicted octanol–water partition coefficient (Wildman–Crippen LogP) is 2.74. The maximum absolute atomic E-state index is 13.0. The highest BCUT2D eigenvalue weighted by Gasteiger charge is 2.49. The molecule has 0 fully saturated rings. The van der Waals surface area contributed by atoms with E-state index in [9.17, 15) is 28.8 Å².